The summed E-state index contributed by atoms with van der Waals surface area (Å²) in [5, 5.41) is 2.57. The van der Waals surface area contributed by atoms with Crippen molar-refractivity contribution in [2.24, 2.45) is 0 Å². The molecule has 7 heteroatoms. The number of aromatic nitrogens is 1. The fourth-order valence-corrected chi connectivity index (χ4v) is 3.60. The number of amides is 1. The summed E-state index contributed by atoms with van der Waals surface area (Å²) in [6.07, 6.45) is 0.401. The van der Waals surface area contributed by atoms with Gasteiger partial charge in [0, 0.05) is 11.7 Å². The molecule has 0 spiro atoms. The second-order valence-electron chi connectivity index (χ2n) is 4.46. The lowest BCUT2D eigenvalue weighted by molar-refractivity contribution is 0.0939. The Balaban J connectivity index is 2.11. The maximum atomic E-state index is 11.8. The van der Waals surface area contributed by atoms with Crippen LogP contribution in [0.4, 0.5) is 0 Å². The summed E-state index contributed by atoms with van der Waals surface area (Å²) < 4.78 is 22.5. The lowest BCUT2D eigenvalue weighted by atomic mass is 10.2. The van der Waals surface area contributed by atoms with Crippen molar-refractivity contribution >= 4 is 15.7 Å². The Morgan fingerprint density at radius 3 is 2.72 bits per heavy atom. The van der Waals surface area contributed by atoms with Crippen LogP contribution in [0.5, 0.6) is 0 Å². The maximum absolute atomic E-state index is 11.8. The number of aryl methyl sites for hydroxylation is 1. The van der Waals surface area contributed by atoms with Crippen LogP contribution in [0.3, 0.4) is 0 Å². The van der Waals surface area contributed by atoms with Crippen LogP contribution in [0.25, 0.3) is 0 Å². The molecule has 2 heterocycles. The molecule has 18 heavy (non-hydrogen) atoms. The van der Waals surface area contributed by atoms with Gasteiger partial charge in [0.2, 0.25) is 0 Å². The topological polar surface area (TPSA) is 96.1 Å². The van der Waals surface area contributed by atoms with E-state index < -0.39 is 27.3 Å². The van der Waals surface area contributed by atoms with E-state index in [4.69, 9.17) is 0 Å². The molecule has 0 saturated carbocycles. The van der Waals surface area contributed by atoms with Crippen molar-refractivity contribution in [1.29, 1.82) is 0 Å². The minimum Gasteiger partial charge on any atom is -0.348 e. The molecule has 1 atom stereocenters. The lowest BCUT2D eigenvalue weighted by Crippen LogP contribution is -2.38. The fourth-order valence-electron chi connectivity index (χ4n) is 1.92. The maximum Gasteiger partial charge on any atom is 0.260 e. The minimum atomic E-state index is -3.04. The quantitative estimate of drug-likeness (QED) is 0.764. The Hall–Kier alpha value is -1.63. The number of aromatic amines is 1. The molecule has 0 radical (unpaired) electrons. The first kappa shape index (κ1) is 12.8. The van der Waals surface area contributed by atoms with E-state index in [1.54, 1.807) is 13.0 Å². The van der Waals surface area contributed by atoms with E-state index in [1.807, 2.05) is 0 Å². The van der Waals surface area contributed by atoms with E-state index in [2.05, 4.69) is 10.3 Å². The summed E-state index contributed by atoms with van der Waals surface area (Å²) >= 11 is 0. The molecule has 0 bridgehead atoms. The summed E-state index contributed by atoms with van der Waals surface area (Å²) in [5.74, 6) is -0.497. The van der Waals surface area contributed by atoms with Gasteiger partial charge in [-0.25, -0.2) is 8.42 Å². The third-order valence-corrected chi connectivity index (χ3v) is 4.64. The molecule has 1 saturated heterocycles. The van der Waals surface area contributed by atoms with Gasteiger partial charge in [0.1, 0.15) is 5.56 Å². The predicted octanol–water partition coefficient (Wildman–Crippen LogP) is -0.400. The monoisotopic (exact) mass is 270 g/mol. The Bertz CT molecular complexity index is 633. The second-order valence-corrected chi connectivity index (χ2v) is 6.69. The highest BCUT2D eigenvalue weighted by molar-refractivity contribution is 7.91. The third kappa shape index (κ3) is 2.79. The summed E-state index contributed by atoms with van der Waals surface area (Å²) in [4.78, 5) is 25.9. The number of carbonyl (C=O) groups excluding carboxylic acids is 1. The van der Waals surface area contributed by atoms with E-state index in [1.165, 1.54) is 6.07 Å². The van der Waals surface area contributed by atoms with Crippen molar-refractivity contribution in [1.82, 2.24) is 10.3 Å². The Morgan fingerprint density at radius 1 is 1.44 bits per heavy atom. The highest BCUT2D eigenvalue weighted by Gasteiger charge is 2.29. The molecule has 1 aromatic heterocycles. The van der Waals surface area contributed by atoms with Crippen LogP contribution in [0, 0.1) is 6.92 Å². The molecule has 98 valence electrons. The smallest absolute Gasteiger partial charge is 0.260 e. The van der Waals surface area contributed by atoms with Crippen molar-refractivity contribution in [2.45, 2.75) is 19.4 Å². The fraction of sp³-hybridized carbons (Fsp3) is 0.455. The molecule has 0 aromatic carbocycles. The van der Waals surface area contributed by atoms with E-state index in [9.17, 15) is 18.0 Å². The van der Waals surface area contributed by atoms with E-state index >= 15 is 0 Å². The van der Waals surface area contributed by atoms with Gasteiger partial charge in [0.05, 0.1) is 11.5 Å². The number of sulfone groups is 1. The van der Waals surface area contributed by atoms with Crippen LogP contribution >= 0.6 is 0 Å². The van der Waals surface area contributed by atoms with Crippen molar-refractivity contribution in [2.75, 3.05) is 11.5 Å². The van der Waals surface area contributed by atoms with Gasteiger partial charge in [-0.05, 0) is 25.5 Å². The number of hydrogen-bond acceptors (Lipinski definition) is 4. The Labute approximate surface area is 104 Å². The summed E-state index contributed by atoms with van der Waals surface area (Å²) in [6, 6.07) is 2.66. The molecule has 1 aliphatic heterocycles. The molecule has 1 aliphatic rings. The molecular formula is C11H14N2O4S. The number of rotatable bonds is 2. The van der Waals surface area contributed by atoms with Gasteiger partial charge in [-0.2, -0.15) is 0 Å². The normalized spacial score (nSPS) is 21.7. The average Bonchev–Trinajstić information content (AvgIpc) is 2.57. The van der Waals surface area contributed by atoms with Crippen molar-refractivity contribution in [3.63, 3.8) is 0 Å². The highest BCUT2D eigenvalue weighted by atomic mass is 32.2. The third-order valence-electron chi connectivity index (χ3n) is 2.87. The van der Waals surface area contributed by atoms with Crippen LogP contribution in [0.2, 0.25) is 0 Å². The molecule has 2 rings (SSSR count). The number of H-pyrrole nitrogens is 1. The summed E-state index contributed by atoms with van der Waals surface area (Å²) in [7, 11) is -3.04. The second kappa shape index (κ2) is 4.56. The molecule has 1 fully saturated rings. The van der Waals surface area contributed by atoms with Gasteiger partial charge in [-0.15, -0.1) is 0 Å². The zero-order valence-corrected chi connectivity index (χ0v) is 10.7. The van der Waals surface area contributed by atoms with Crippen molar-refractivity contribution < 1.29 is 13.2 Å². The predicted molar refractivity (Wildman–Crippen MR) is 66.3 cm³/mol. The number of pyridine rings is 1. The molecule has 1 amide bonds. The standard InChI is InChI=1S/C11H14N2O4S/c1-7-2-3-9(10(14)12-7)11(15)13-8-4-5-18(16,17)6-8/h2-3,8H,4-6H2,1H3,(H,12,14)(H,13,15)/t8-/m0/s1. The van der Waals surface area contributed by atoms with Crippen LogP contribution < -0.4 is 10.9 Å². The summed E-state index contributed by atoms with van der Waals surface area (Å²) in [5.41, 5.74) is 0.207. The molecule has 0 unspecified atom stereocenters. The molecule has 1 aromatic rings. The molecule has 6 nitrogen and oxygen atoms in total. The Kier molecular flexibility index (Phi) is 3.25. The van der Waals surface area contributed by atoms with Gasteiger partial charge in [-0.3, -0.25) is 9.59 Å². The zero-order chi connectivity index (χ0) is 13.3. The van der Waals surface area contributed by atoms with Gasteiger partial charge in [0.25, 0.3) is 11.5 Å². The zero-order valence-electron chi connectivity index (χ0n) is 9.89. The Morgan fingerprint density at radius 2 is 2.17 bits per heavy atom. The highest BCUT2D eigenvalue weighted by Crippen LogP contribution is 2.11. The number of nitrogens with one attached hydrogen (secondary N) is 2. The summed E-state index contributed by atoms with van der Waals surface area (Å²) in [6.45, 7) is 1.71. The number of hydrogen-bond donors (Lipinski definition) is 2. The molecule has 2 N–H and O–H groups in total. The van der Waals surface area contributed by atoms with Crippen molar-refractivity contribution in [3.8, 4) is 0 Å². The van der Waals surface area contributed by atoms with Crippen LogP contribution in [0.15, 0.2) is 16.9 Å². The van der Waals surface area contributed by atoms with Crippen LogP contribution in [-0.4, -0.2) is 36.9 Å². The van der Waals surface area contributed by atoms with Gasteiger partial charge >= 0.3 is 0 Å². The van der Waals surface area contributed by atoms with E-state index in [0.29, 0.717) is 12.1 Å². The van der Waals surface area contributed by atoms with Gasteiger partial charge in [0.15, 0.2) is 9.84 Å². The van der Waals surface area contributed by atoms with Gasteiger partial charge < -0.3 is 10.3 Å². The molecular weight excluding hydrogens is 256 g/mol. The van der Waals surface area contributed by atoms with E-state index in [-0.39, 0.29) is 17.1 Å². The first-order chi connectivity index (χ1) is 8.37. The molecule has 0 aliphatic carbocycles. The lowest BCUT2D eigenvalue weighted by Gasteiger charge is -2.10. The number of carbonyl (C=O) groups is 1. The van der Waals surface area contributed by atoms with E-state index in [0.717, 1.165) is 0 Å². The van der Waals surface area contributed by atoms with Gasteiger partial charge in [-0.1, -0.05) is 0 Å². The van der Waals surface area contributed by atoms with Crippen LogP contribution in [0.1, 0.15) is 22.5 Å². The largest absolute Gasteiger partial charge is 0.348 e. The minimum absolute atomic E-state index is 0.00454. The first-order valence-corrected chi connectivity index (χ1v) is 7.41. The van der Waals surface area contributed by atoms with Crippen LogP contribution in [-0.2, 0) is 9.84 Å². The first-order valence-electron chi connectivity index (χ1n) is 5.58. The average molecular weight is 270 g/mol. The van der Waals surface area contributed by atoms with Crippen molar-refractivity contribution in [3.05, 3.63) is 33.7 Å². The SMILES string of the molecule is Cc1ccc(C(=O)N[C@H]2CCS(=O)(=O)C2)c(=O)[nH]1.